The number of nitrogens with one attached hydrogen (secondary N) is 2. The summed E-state index contributed by atoms with van der Waals surface area (Å²) in [6, 6.07) is 9.37. The van der Waals surface area contributed by atoms with Crippen LogP contribution in [0.25, 0.3) is 0 Å². The monoisotopic (exact) mass is 419 g/mol. The number of aryl methyl sites for hydroxylation is 2. The number of esters is 1. The van der Waals surface area contributed by atoms with Gasteiger partial charge in [0, 0.05) is 12.6 Å². The van der Waals surface area contributed by atoms with Gasteiger partial charge in [-0.1, -0.05) is 35.0 Å². The zero-order chi connectivity index (χ0) is 21.4. The highest BCUT2D eigenvalue weighted by Gasteiger charge is 2.20. The lowest BCUT2D eigenvalue weighted by Crippen LogP contribution is -2.36. The molecule has 0 radical (unpaired) electrons. The fourth-order valence-electron chi connectivity index (χ4n) is 2.25. The quantitative estimate of drug-likeness (QED) is 0.601. The molecule has 0 spiro atoms. The molecule has 2 rings (SSSR count). The standard InChI is InChI=1S/C20H25N3O5S/c1-12-5-7-16(8-6-12)10-21-19(25)14(3)27-18(24)11-29-15(4)20(26)22-17-9-13(2)28-23-17/h5-9,14-15H,10-11H2,1-4H3,(H,21,25)(H,22,23,26)/t14-,15+/m1/s1. The van der Waals surface area contributed by atoms with Gasteiger partial charge in [-0.25, -0.2) is 0 Å². The highest BCUT2D eigenvalue weighted by atomic mass is 32.2. The Labute approximate surface area is 173 Å². The zero-order valence-corrected chi connectivity index (χ0v) is 17.7. The summed E-state index contributed by atoms with van der Waals surface area (Å²) < 4.78 is 10.0. The smallest absolute Gasteiger partial charge is 0.316 e. The Morgan fingerprint density at radius 2 is 1.83 bits per heavy atom. The van der Waals surface area contributed by atoms with Crippen molar-refractivity contribution in [1.29, 1.82) is 0 Å². The highest BCUT2D eigenvalue weighted by molar-refractivity contribution is 8.01. The predicted octanol–water partition coefficient (Wildman–Crippen LogP) is 2.60. The molecule has 29 heavy (non-hydrogen) atoms. The van der Waals surface area contributed by atoms with E-state index in [1.54, 1.807) is 19.9 Å². The Hall–Kier alpha value is -2.81. The summed E-state index contributed by atoms with van der Waals surface area (Å²) in [7, 11) is 0. The van der Waals surface area contributed by atoms with Gasteiger partial charge in [-0.15, -0.1) is 11.8 Å². The van der Waals surface area contributed by atoms with Gasteiger partial charge in [0.2, 0.25) is 5.91 Å². The number of hydrogen-bond donors (Lipinski definition) is 2. The molecular weight excluding hydrogens is 394 g/mol. The molecule has 0 aliphatic carbocycles. The molecule has 8 nitrogen and oxygen atoms in total. The number of aromatic nitrogens is 1. The zero-order valence-electron chi connectivity index (χ0n) is 16.9. The average Bonchev–Trinajstić information content (AvgIpc) is 3.09. The van der Waals surface area contributed by atoms with Gasteiger partial charge < -0.3 is 19.9 Å². The first-order valence-corrected chi connectivity index (χ1v) is 10.2. The van der Waals surface area contributed by atoms with Crippen LogP contribution in [0.5, 0.6) is 0 Å². The van der Waals surface area contributed by atoms with Crippen LogP contribution >= 0.6 is 11.8 Å². The summed E-state index contributed by atoms with van der Waals surface area (Å²) in [6.07, 6.45) is -0.921. The van der Waals surface area contributed by atoms with Crippen LogP contribution < -0.4 is 10.6 Å². The van der Waals surface area contributed by atoms with E-state index >= 15 is 0 Å². The van der Waals surface area contributed by atoms with Gasteiger partial charge in [0.1, 0.15) is 5.76 Å². The molecule has 2 atom stereocenters. The minimum atomic E-state index is -0.921. The Kier molecular flexibility index (Phi) is 8.26. The molecule has 1 aromatic heterocycles. The summed E-state index contributed by atoms with van der Waals surface area (Å²) in [4.78, 5) is 36.1. The van der Waals surface area contributed by atoms with Crippen molar-refractivity contribution in [3.05, 3.63) is 47.2 Å². The number of carbonyl (C=O) groups excluding carboxylic acids is 3. The minimum absolute atomic E-state index is 0.0536. The second kappa shape index (κ2) is 10.7. The summed E-state index contributed by atoms with van der Waals surface area (Å²) in [6.45, 7) is 7.24. The van der Waals surface area contributed by atoms with Crippen molar-refractivity contribution in [3.63, 3.8) is 0 Å². The number of hydrogen-bond acceptors (Lipinski definition) is 7. The van der Waals surface area contributed by atoms with Crippen molar-refractivity contribution in [3.8, 4) is 0 Å². The van der Waals surface area contributed by atoms with Crippen molar-refractivity contribution >= 4 is 35.4 Å². The molecule has 0 bridgehead atoms. The van der Waals surface area contributed by atoms with Crippen molar-refractivity contribution in [2.45, 2.75) is 45.6 Å². The molecule has 2 amide bonds. The van der Waals surface area contributed by atoms with Crippen molar-refractivity contribution < 1.29 is 23.6 Å². The first-order valence-electron chi connectivity index (χ1n) is 9.13. The van der Waals surface area contributed by atoms with Crippen LogP contribution in [0.1, 0.15) is 30.7 Å². The van der Waals surface area contributed by atoms with E-state index in [9.17, 15) is 14.4 Å². The molecular formula is C20H25N3O5S. The summed E-state index contributed by atoms with van der Waals surface area (Å²) in [5.74, 6) is -0.400. The number of anilines is 1. The van der Waals surface area contributed by atoms with Crippen LogP contribution in [-0.4, -0.2) is 40.0 Å². The fourth-order valence-corrected chi connectivity index (χ4v) is 2.91. The first kappa shape index (κ1) is 22.5. The number of amides is 2. The van der Waals surface area contributed by atoms with E-state index in [2.05, 4.69) is 15.8 Å². The molecule has 0 saturated heterocycles. The van der Waals surface area contributed by atoms with Gasteiger partial charge in [0.05, 0.1) is 11.0 Å². The number of nitrogens with zero attached hydrogens (tertiary/aromatic N) is 1. The third-order valence-electron chi connectivity index (χ3n) is 3.96. The normalized spacial score (nSPS) is 12.7. The maximum absolute atomic E-state index is 12.1. The Bertz CT molecular complexity index is 850. The topological polar surface area (TPSA) is 111 Å². The van der Waals surface area contributed by atoms with E-state index in [1.807, 2.05) is 31.2 Å². The lowest BCUT2D eigenvalue weighted by Gasteiger charge is -2.14. The van der Waals surface area contributed by atoms with Crippen LogP contribution in [0.3, 0.4) is 0 Å². The van der Waals surface area contributed by atoms with Crippen LogP contribution in [0.2, 0.25) is 0 Å². The van der Waals surface area contributed by atoms with Crippen molar-refractivity contribution in [2.24, 2.45) is 0 Å². The molecule has 1 heterocycles. The lowest BCUT2D eigenvalue weighted by molar-refractivity contribution is -0.152. The van der Waals surface area contributed by atoms with E-state index in [4.69, 9.17) is 9.26 Å². The van der Waals surface area contributed by atoms with E-state index in [-0.39, 0.29) is 17.6 Å². The number of carbonyl (C=O) groups is 3. The molecule has 0 aliphatic rings. The Morgan fingerprint density at radius 1 is 1.14 bits per heavy atom. The van der Waals surface area contributed by atoms with E-state index in [1.165, 1.54) is 6.92 Å². The van der Waals surface area contributed by atoms with Gasteiger partial charge in [-0.3, -0.25) is 14.4 Å². The molecule has 2 N–H and O–H groups in total. The SMILES string of the molecule is Cc1ccc(CNC(=O)[C@@H](C)OC(=O)CS[C@@H](C)C(=O)Nc2cc(C)on2)cc1. The number of ether oxygens (including phenoxy) is 1. The van der Waals surface area contributed by atoms with Gasteiger partial charge in [-0.05, 0) is 33.3 Å². The van der Waals surface area contributed by atoms with Crippen LogP contribution in [-0.2, 0) is 25.7 Å². The molecule has 9 heteroatoms. The van der Waals surface area contributed by atoms with Gasteiger partial charge in [0.15, 0.2) is 11.9 Å². The van der Waals surface area contributed by atoms with Gasteiger partial charge in [-0.2, -0.15) is 0 Å². The highest BCUT2D eigenvalue weighted by Crippen LogP contribution is 2.15. The Morgan fingerprint density at radius 3 is 2.45 bits per heavy atom. The maximum Gasteiger partial charge on any atom is 0.316 e. The number of thioether (sulfide) groups is 1. The molecule has 0 saturated carbocycles. The second-order valence-electron chi connectivity index (χ2n) is 6.60. The minimum Gasteiger partial charge on any atom is -0.452 e. The van der Waals surface area contributed by atoms with Gasteiger partial charge >= 0.3 is 5.97 Å². The average molecular weight is 420 g/mol. The fraction of sp³-hybridized carbons (Fsp3) is 0.400. The predicted molar refractivity (Wildman–Crippen MR) is 110 cm³/mol. The van der Waals surface area contributed by atoms with Crippen molar-refractivity contribution in [2.75, 3.05) is 11.1 Å². The van der Waals surface area contributed by atoms with E-state index < -0.39 is 17.3 Å². The summed E-state index contributed by atoms with van der Waals surface area (Å²) in [5, 5.41) is 8.51. The summed E-state index contributed by atoms with van der Waals surface area (Å²) >= 11 is 1.11. The maximum atomic E-state index is 12.1. The number of rotatable bonds is 9. The molecule has 1 aromatic carbocycles. The van der Waals surface area contributed by atoms with Crippen LogP contribution in [0.15, 0.2) is 34.9 Å². The molecule has 0 unspecified atom stereocenters. The third kappa shape index (κ3) is 7.61. The number of benzene rings is 1. The lowest BCUT2D eigenvalue weighted by atomic mass is 10.1. The largest absolute Gasteiger partial charge is 0.452 e. The third-order valence-corrected chi connectivity index (χ3v) is 5.08. The Balaban J connectivity index is 1.69. The van der Waals surface area contributed by atoms with Crippen LogP contribution in [0, 0.1) is 13.8 Å². The molecule has 2 aromatic rings. The summed E-state index contributed by atoms with van der Waals surface area (Å²) in [5.41, 5.74) is 2.10. The second-order valence-corrected chi connectivity index (χ2v) is 7.93. The van der Waals surface area contributed by atoms with E-state index in [0.717, 1.165) is 22.9 Å². The molecule has 0 fully saturated rings. The van der Waals surface area contributed by atoms with Crippen molar-refractivity contribution in [1.82, 2.24) is 10.5 Å². The molecule has 156 valence electrons. The molecule has 0 aliphatic heterocycles. The van der Waals surface area contributed by atoms with Gasteiger partial charge in [0.25, 0.3) is 5.91 Å². The van der Waals surface area contributed by atoms with E-state index in [0.29, 0.717) is 18.1 Å². The van der Waals surface area contributed by atoms with Crippen LogP contribution in [0.4, 0.5) is 5.82 Å². The first-order chi connectivity index (χ1) is 13.7.